The number of hydrogen-bond acceptors (Lipinski definition) is 1. The van der Waals surface area contributed by atoms with Crippen LogP contribution in [0.4, 0.5) is 0 Å². The van der Waals surface area contributed by atoms with Crippen molar-refractivity contribution < 1.29 is 0 Å². The summed E-state index contributed by atoms with van der Waals surface area (Å²) in [5.74, 6) is 0. The Morgan fingerprint density at radius 3 is 2.45 bits per heavy atom. The van der Waals surface area contributed by atoms with Crippen LogP contribution >= 0.6 is 34.8 Å². The monoisotopic (exact) mass is 325 g/mol. The van der Waals surface area contributed by atoms with Crippen LogP contribution in [0.15, 0.2) is 42.5 Å². The minimum absolute atomic E-state index is 0.0636. The minimum atomic E-state index is 0.0636. The summed E-state index contributed by atoms with van der Waals surface area (Å²) in [7, 11) is 0. The van der Waals surface area contributed by atoms with Crippen LogP contribution in [0.5, 0.6) is 0 Å². The van der Waals surface area contributed by atoms with E-state index >= 15 is 0 Å². The average Bonchev–Trinajstić information content (AvgIpc) is 2.74. The third kappa shape index (κ3) is 2.68. The Morgan fingerprint density at radius 1 is 1.00 bits per heavy atom. The molecule has 3 rings (SSSR count). The molecule has 0 spiro atoms. The smallest absolute Gasteiger partial charge is 0.0571 e. The van der Waals surface area contributed by atoms with Gasteiger partial charge in [-0.2, -0.15) is 0 Å². The average molecular weight is 327 g/mol. The van der Waals surface area contributed by atoms with Crippen LogP contribution in [-0.2, 0) is 13.0 Å². The summed E-state index contributed by atoms with van der Waals surface area (Å²) in [5, 5.41) is 4.91. The van der Waals surface area contributed by atoms with Gasteiger partial charge in [-0.05, 0) is 29.7 Å². The molecule has 0 saturated carbocycles. The van der Waals surface area contributed by atoms with Gasteiger partial charge in [0.15, 0.2) is 0 Å². The lowest BCUT2D eigenvalue weighted by atomic mass is 10.1. The van der Waals surface area contributed by atoms with Crippen molar-refractivity contribution in [1.29, 1.82) is 0 Å². The van der Waals surface area contributed by atoms with E-state index in [0.29, 0.717) is 16.6 Å². The molecule has 0 saturated heterocycles. The highest BCUT2D eigenvalue weighted by atomic mass is 35.5. The van der Waals surface area contributed by atoms with Crippen LogP contribution < -0.4 is 5.32 Å². The Kier molecular flexibility index (Phi) is 4.23. The summed E-state index contributed by atoms with van der Waals surface area (Å²) in [4.78, 5) is 0. The fourth-order valence-corrected chi connectivity index (χ4v) is 3.62. The molecule has 2 aromatic carbocycles. The van der Waals surface area contributed by atoms with E-state index in [1.807, 2.05) is 24.3 Å². The van der Waals surface area contributed by atoms with Crippen molar-refractivity contribution in [2.75, 3.05) is 0 Å². The molecule has 0 fully saturated rings. The van der Waals surface area contributed by atoms with Crippen LogP contribution in [0, 0.1) is 0 Å². The van der Waals surface area contributed by atoms with Crippen molar-refractivity contribution in [2.45, 2.75) is 24.4 Å². The SMILES string of the molecule is Clc1cccc(Cl)c1CNC1c2ccccc2CC1Cl. The molecule has 1 N–H and O–H groups in total. The summed E-state index contributed by atoms with van der Waals surface area (Å²) in [6, 6.07) is 14.1. The molecule has 4 heteroatoms. The summed E-state index contributed by atoms with van der Waals surface area (Å²) < 4.78 is 0. The van der Waals surface area contributed by atoms with Crippen LogP contribution in [-0.4, -0.2) is 5.38 Å². The van der Waals surface area contributed by atoms with Crippen LogP contribution in [0.3, 0.4) is 0 Å². The van der Waals surface area contributed by atoms with Crippen LogP contribution in [0.25, 0.3) is 0 Å². The summed E-state index contributed by atoms with van der Waals surface area (Å²) in [6.07, 6.45) is 0.894. The highest BCUT2D eigenvalue weighted by Crippen LogP contribution is 2.35. The third-order valence-corrected chi connectivity index (χ3v) is 4.84. The Morgan fingerprint density at radius 2 is 1.70 bits per heavy atom. The molecule has 1 aliphatic rings. The zero-order chi connectivity index (χ0) is 14.1. The van der Waals surface area contributed by atoms with Crippen molar-refractivity contribution in [3.05, 3.63) is 69.2 Å². The maximum atomic E-state index is 6.46. The third-order valence-electron chi connectivity index (χ3n) is 3.73. The fourth-order valence-electron chi connectivity index (χ4n) is 2.70. The molecule has 2 unspecified atom stereocenters. The molecule has 0 bridgehead atoms. The fraction of sp³-hybridized carbons (Fsp3) is 0.250. The molecule has 0 aromatic heterocycles. The van der Waals surface area contributed by atoms with E-state index in [-0.39, 0.29) is 11.4 Å². The topological polar surface area (TPSA) is 12.0 Å². The predicted molar refractivity (Wildman–Crippen MR) is 85.8 cm³/mol. The molecular formula is C16H14Cl3N. The van der Waals surface area contributed by atoms with Gasteiger partial charge in [0.25, 0.3) is 0 Å². The van der Waals surface area contributed by atoms with Gasteiger partial charge in [0.1, 0.15) is 0 Å². The van der Waals surface area contributed by atoms with E-state index in [9.17, 15) is 0 Å². The maximum Gasteiger partial charge on any atom is 0.0571 e. The van der Waals surface area contributed by atoms with Gasteiger partial charge in [-0.15, -0.1) is 11.6 Å². The largest absolute Gasteiger partial charge is 0.304 e. The molecular weight excluding hydrogens is 313 g/mol. The highest BCUT2D eigenvalue weighted by molar-refractivity contribution is 6.35. The van der Waals surface area contributed by atoms with Crippen molar-refractivity contribution in [2.24, 2.45) is 0 Å². The maximum absolute atomic E-state index is 6.46. The predicted octanol–water partition coefficient (Wildman–Crippen LogP) is 4.99. The lowest BCUT2D eigenvalue weighted by Crippen LogP contribution is -2.25. The molecule has 2 atom stereocenters. The second kappa shape index (κ2) is 5.95. The van der Waals surface area contributed by atoms with Crippen molar-refractivity contribution in [1.82, 2.24) is 5.32 Å². The van der Waals surface area contributed by atoms with Gasteiger partial charge in [0.05, 0.1) is 5.38 Å². The van der Waals surface area contributed by atoms with Crippen molar-refractivity contribution >= 4 is 34.8 Å². The van der Waals surface area contributed by atoms with E-state index in [4.69, 9.17) is 34.8 Å². The van der Waals surface area contributed by atoms with E-state index in [1.54, 1.807) is 0 Å². The second-order valence-electron chi connectivity index (χ2n) is 4.98. The van der Waals surface area contributed by atoms with Gasteiger partial charge in [0.2, 0.25) is 0 Å². The summed E-state index contributed by atoms with van der Waals surface area (Å²) >= 11 is 18.8. The number of halogens is 3. The first-order chi connectivity index (χ1) is 9.66. The number of rotatable bonds is 3. The first kappa shape index (κ1) is 14.2. The first-order valence-corrected chi connectivity index (χ1v) is 7.74. The van der Waals surface area contributed by atoms with Gasteiger partial charge in [-0.25, -0.2) is 0 Å². The van der Waals surface area contributed by atoms with Gasteiger partial charge in [-0.3, -0.25) is 0 Å². The lowest BCUT2D eigenvalue weighted by molar-refractivity contribution is 0.536. The van der Waals surface area contributed by atoms with Crippen molar-refractivity contribution in [3.8, 4) is 0 Å². The van der Waals surface area contributed by atoms with E-state index < -0.39 is 0 Å². The minimum Gasteiger partial charge on any atom is -0.304 e. The Hall–Kier alpha value is -0.730. The summed E-state index contributed by atoms with van der Waals surface area (Å²) in [6.45, 7) is 0.612. The lowest BCUT2D eigenvalue weighted by Gasteiger charge is -2.18. The van der Waals surface area contributed by atoms with Gasteiger partial charge < -0.3 is 5.32 Å². The zero-order valence-corrected chi connectivity index (χ0v) is 13.0. The van der Waals surface area contributed by atoms with Crippen LogP contribution in [0.1, 0.15) is 22.7 Å². The number of nitrogens with one attached hydrogen (secondary N) is 1. The van der Waals surface area contributed by atoms with E-state index in [0.717, 1.165) is 12.0 Å². The molecule has 0 heterocycles. The molecule has 0 amide bonds. The molecule has 0 radical (unpaired) electrons. The van der Waals surface area contributed by atoms with Crippen molar-refractivity contribution in [3.63, 3.8) is 0 Å². The molecule has 1 aliphatic carbocycles. The number of alkyl halides is 1. The van der Waals surface area contributed by atoms with E-state index in [1.165, 1.54) is 11.1 Å². The van der Waals surface area contributed by atoms with Gasteiger partial charge in [-0.1, -0.05) is 53.5 Å². The first-order valence-electron chi connectivity index (χ1n) is 6.55. The standard InChI is InChI=1S/C16H14Cl3N/c17-13-6-3-7-14(18)12(13)9-20-16-11-5-2-1-4-10(11)8-15(16)19/h1-7,15-16,20H,8-9H2. The van der Waals surface area contributed by atoms with Crippen LogP contribution in [0.2, 0.25) is 10.0 Å². The molecule has 0 aliphatic heterocycles. The Balaban J connectivity index is 1.79. The molecule has 2 aromatic rings. The number of hydrogen-bond donors (Lipinski definition) is 1. The highest BCUT2D eigenvalue weighted by Gasteiger charge is 2.30. The molecule has 1 nitrogen and oxygen atoms in total. The number of fused-ring (bicyclic) bond motifs is 1. The Labute approximate surface area is 133 Å². The quantitative estimate of drug-likeness (QED) is 0.784. The summed E-state index contributed by atoms with van der Waals surface area (Å²) in [5.41, 5.74) is 3.51. The van der Waals surface area contributed by atoms with E-state index in [2.05, 4.69) is 23.5 Å². The number of benzene rings is 2. The second-order valence-corrected chi connectivity index (χ2v) is 6.35. The molecule has 104 valence electrons. The zero-order valence-electron chi connectivity index (χ0n) is 10.7. The van der Waals surface area contributed by atoms with Gasteiger partial charge >= 0.3 is 0 Å². The molecule has 20 heavy (non-hydrogen) atoms. The normalized spacial score (nSPS) is 20.9. The Bertz CT molecular complexity index is 607. The van der Waals surface area contributed by atoms with Gasteiger partial charge in [0, 0.05) is 28.2 Å².